The fraction of sp³-hybridized carbons (Fsp3) is 0.545. The van der Waals surface area contributed by atoms with Crippen LogP contribution in [0.1, 0.15) is 47.6 Å². The van der Waals surface area contributed by atoms with Gasteiger partial charge in [-0.25, -0.2) is 0 Å². The minimum Gasteiger partial charge on any atom is -0.359 e. The lowest BCUT2D eigenvalue weighted by molar-refractivity contribution is 0.0767. The SMILES string of the molecule is CCN(CC)[C@H]1CCN(C(=O)c2cc(CN3CCc4ccccc4C3)on2)C1. The highest BCUT2D eigenvalue weighted by atomic mass is 16.5. The van der Waals surface area contributed by atoms with Gasteiger partial charge in [0.2, 0.25) is 0 Å². The predicted molar refractivity (Wildman–Crippen MR) is 108 cm³/mol. The van der Waals surface area contributed by atoms with Gasteiger partial charge < -0.3 is 9.42 Å². The number of amides is 1. The van der Waals surface area contributed by atoms with Crippen molar-refractivity contribution < 1.29 is 9.32 Å². The molecule has 1 atom stereocenters. The molecule has 0 unspecified atom stereocenters. The molecule has 150 valence electrons. The molecule has 2 aromatic rings. The molecular weight excluding hydrogens is 352 g/mol. The van der Waals surface area contributed by atoms with Gasteiger partial charge >= 0.3 is 0 Å². The van der Waals surface area contributed by atoms with Crippen molar-refractivity contribution >= 4 is 5.91 Å². The van der Waals surface area contributed by atoms with E-state index >= 15 is 0 Å². The van der Waals surface area contributed by atoms with E-state index in [9.17, 15) is 4.79 Å². The lowest BCUT2D eigenvalue weighted by Crippen LogP contribution is -2.38. The third-order valence-corrected chi connectivity index (χ3v) is 6.15. The molecule has 2 aliphatic heterocycles. The zero-order chi connectivity index (χ0) is 19.5. The number of benzene rings is 1. The molecule has 0 aliphatic carbocycles. The molecule has 0 saturated carbocycles. The van der Waals surface area contributed by atoms with Crippen LogP contribution in [-0.4, -0.2) is 64.5 Å². The standard InChI is InChI=1S/C22H30N4O2/c1-3-25(4-2)19-10-12-26(15-19)22(27)21-13-20(28-23-21)16-24-11-9-17-7-5-6-8-18(17)14-24/h5-8,13,19H,3-4,9-12,14-16H2,1-2H3/t19-/m0/s1. The van der Waals surface area contributed by atoms with E-state index in [-0.39, 0.29) is 5.91 Å². The van der Waals surface area contributed by atoms with Crippen LogP contribution in [0.5, 0.6) is 0 Å². The second kappa shape index (κ2) is 8.45. The molecule has 1 amide bonds. The average Bonchev–Trinajstić information content (AvgIpc) is 3.39. The molecule has 28 heavy (non-hydrogen) atoms. The molecule has 0 N–H and O–H groups in total. The van der Waals surface area contributed by atoms with Crippen LogP contribution in [0.3, 0.4) is 0 Å². The molecule has 6 heteroatoms. The van der Waals surface area contributed by atoms with E-state index < -0.39 is 0 Å². The molecule has 3 heterocycles. The van der Waals surface area contributed by atoms with Gasteiger partial charge in [0, 0.05) is 38.3 Å². The Kier molecular flexibility index (Phi) is 5.78. The summed E-state index contributed by atoms with van der Waals surface area (Å²) in [5.74, 6) is 0.760. The zero-order valence-corrected chi connectivity index (χ0v) is 16.9. The summed E-state index contributed by atoms with van der Waals surface area (Å²) in [7, 11) is 0. The Morgan fingerprint density at radius 1 is 1.21 bits per heavy atom. The Labute approximate surface area is 167 Å². The van der Waals surface area contributed by atoms with Gasteiger partial charge in [0.05, 0.1) is 6.54 Å². The maximum atomic E-state index is 12.8. The normalized spacial score (nSPS) is 20.0. The monoisotopic (exact) mass is 382 g/mol. The van der Waals surface area contributed by atoms with Gasteiger partial charge in [0.15, 0.2) is 11.5 Å². The van der Waals surface area contributed by atoms with Crippen LogP contribution in [-0.2, 0) is 19.5 Å². The van der Waals surface area contributed by atoms with Crippen LogP contribution in [0, 0.1) is 0 Å². The van der Waals surface area contributed by atoms with Crippen LogP contribution in [0.25, 0.3) is 0 Å². The van der Waals surface area contributed by atoms with Gasteiger partial charge in [-0.3, -0.25) is 14.6 Å². The number of likely N-dealkylation sites (tertiary alicyclic amines) is 1. The summed E-state index contributed by atoms with van der Waals surface area (Å²) >= 11 is 0. The Morgan fingerprint density at radius 3 is 2.79 bits per heavy atom. The molecule has 1 fully saturated rings. The molecule has 0 radical (unpaired) electrons. The molecule has 1 aromatic heterocycles. The van der Waals surface area contributed by atoms with Crippen molar-refractivity contribution in [1.29, 1.82) is 0 Å². The number of aromatic nitrogens is 1. The van der Waals surface area contributed by atoms with E-state index in [0.717, 1.165) is 57.9 Å². The molecule has 1 aromatic carbocycles. The number of hydrogen-bond donors (Lipinski definition) is 0. The minimum atomic E-state index is -0.00588. The molecule has 6 nitrogen and oxygen atoms in total. The first-order valence-electron chi connectivity index (χ1n) is 10.5. The quantitative estimate of drug-likeness (QED) is 0.769. The third kappa shape index (κ3) is 3.98. The Balaban J connectivity index is 1.35. The van der Waals surface area contributed by atoms with Crippen molar-refractivity contribution in [3.63, 3.8) is 0 Å². The highest BCUT2D eigenvalue weighted by molar-refractivity contribution is 5.92. The highest BCUT2D eigenvalue weighted by Gasteiger charge is 2.31. The lowest BCUT2D eigenvalue weighted by atomic mass is 10.00. The van der Waals surface area contributed by atoms with Crippen molar-refractivity contribution in [2.75, 3.05) is 32.7 Å². The molecule has 0 bridgehead atoms. The first-order chi connectivity index (χ1) is 13.7. The summed E-state index contributed by atoms with van der Waals surface area (Å²) in [6.45, 7) is 10.6. The summed E-state index contributed by atoms with van der Waals surface area (Å²) < 4.78 is 5.50. The molecule has 2 aliphatic rings. The first kappa shape index (κ1) is 19.2. The number of hydrogen-bond acceptors (Lipinski definition) is 5. The van der Waals surface area contributed by atoms with Crippen molar-refractivity contribution in [2.45, 2.75) is 45.8 Å². The van der Waals surface area contributed by atoms with Crippen LogP contribution in [0.15, 0.2) is 34.9 Å². The molecule has 0 spiro atoms. The highest BCUT2D eigenvalue weighted by Crippen LogP contribution is 2.22. The van der Waals surface area contributed by atoms with E-state index in [0.29, 0.717) is 18.3 Å². The summed E-state index contributed by atoms with van der Waals surface area (Å²) in [4.78, 5) is 19.5. The average molecular weight is 383 g/mol. The molecular formula is C22H30N4O2. The maximum absolute atomic E-state index is 12.8. The Morgan fingerprint density at radius 2 is 2.00 bits per heavy atom. The number of carbonyl (C=O) groups is 1. The predicted octanol–water partition coefficient (Wildman–Crippen LogP) is 2.79. The van der Waals surface area contributed by atoms with Gasteiger partial charge in [0.25, 0.3) is 5.91 Å². The topological polar surface area (TPSA) is 52.8 Å². The van der Waals surface area contributed by atoms with E-state index in [4.69, 9.17) is 4.52 Å². The van der Waals surface area contributed by atoms with Crippen LogP contribution in [0.2, 0.25) is 0 Å². The van der Waals surface area contributed by atoms with Crippen molar-refractivity contribution in [2.24, 2.45) is 0 Å². The summed E-state index contributed by atoms with van der Waals surface area (Å²) in [5, 5.41) is 4.07. The Bertz CT molecular complexity index is 814. The number of likely N-dealkylation sites (N-methyl/N-ethyl adjacent to an activating group) is 1. The van der Waals surface area contributed by atoms with Crippen LogP contribution in [0.4, 0.5) is 0 Å². The molecule has 1 saturated heterocycles. The van der Waals surface area contributed by atoms with Gasteiger partial charge in [-0.15, -0.1) is 0 Å². The summed E-state index contributed by atoms with van der Waals surface area (Å²) in [6.07, 6.45) is 2.09. The largest absolute Gasteiger partial charge is 0.359 e. The first-order valence-corrected chi connectivity index (χ1v) is 10.5. The van der Waals surface area contributed by atoms with E-state index in [2.05, 4.69) is 53.1 Å². The van der Waals surface area contributed by atoms with Crippen LogP contribution < -0.4 is 0 Å². The molecule has 4 rings (SSSR count). The Hall–Kier alpha value is -2.18. The van der Waals surface area contributed by atoms with Gasteiger partial charge in [-0.05, 0) is 37.1 Å². The summed E-state index contributed by atoms with van der Waals surface area (Å²) in [5.41, 5.74) is 3.25. The minimum absolute atomic E-state index is 0.00588. The van der Waals surface area contributed by atoms with Gasteiger partial charge in [-0.1, -0.05) is 43.3 Å². The third-order valence-electron chi connectivity index (χ3n) is 6.15. The zero-order valence-electron chi connectivity index (χ0n) is 16.9. The van der Waals surface area contributed by atoms with Crippen molar-refractivity contribution in [3.05, 3.63) is 52.9 Å². The van der Waals surface area contributed by atoms with E-state index in [1.165, 1.54) is 11.1 Å². The second-order valence-electron chi connectivity index (χ2n) is 7.82. The number of rotatable bonds is 6. The van der Waals surface area contributed by atoms with Crippen molar-refractivity contribution in [1.82, 2.24) is 19.9 Å². The fourth-order valence-corrected chi connectivity index (χ4v) is 4.52. The number of nitrogens with zero attached hydrogens (tertiary/aromatic N) is 4. The fourth-order valence-electron chi connectivity index (χ4n) is 4.52. The maximum Gasteiger partial charge on any atom is 0.276 e. The van der Waals surface area contributed by atoms with Gasteiger partial charge in [0.1, 0.15) is 0 Å². The van der Waals surface area contributed by atoms with Crippen molar-refractivity contribution in [3.8, 4) is 0 Å². The number of carbonyl (C=O) groups excluding carboxylic acids is 1. The second-order valence-corrected chi connectivity index (χ2v) is 7.82. The number of fused-ring (bicyclic) bond motifs is 1. The smallest absolute Gasteiger partial charge is 0.276 e. The van der Waals surface area contributed by atoms with Crippen LogP contribution >= 0.6 is 0 Å². The summed E-state index contributed by atoms with van der Waals surface area (Å²) in [6, 6.07) is 10.9. The van der Waals surface area contributed by atoms with E-state index in [1.54, 1.807) is 0 Å². The lowest BCUT2D eigenvalue weighted by Gasteiger charge is -2.27. The van der Waals surface area contributed by atoms with Gasteiger partial charge in [-0.2, -0.15) is 0 Å². The van der Waals surface area contributed by atoms with E-state index in [1.807, 2.05) is 11.0 Å².